The second-order valence-corrected chi connectivity index (χ2v) is 8.93. The molecule has 4 amide bonds. The second-order valence-electron chi connectivity index (χ2n) is 8.93. The molecule has 2 fully saturated rings. The molecule has 1 aromatic carbocycles. The number of hydrogen-bond acceptors (Lipinski definition) is 3. The minimum Gasteiger partial charge on any atom is -0.325 e. The first-order valence-electron chi connectivity index (χ1n) is 10.2. The number of nitrogens with one attached hydrogen (secondary N) is 2. The van der Waals surface area contributed by atoms with Gasteiger partial charge in [-0.3, -0.25) is 14.5 Å². The van der Waals surface area contributed by atoms with Crippen molar-refractivity contribution in [3.63, 3.8) is 0 Å². The normalized spacial score (nSPS) is 25.1. The number of carbonyl (C=O) groups excluding carboxylic acids is 3. The SMILES string of the molecule is CCC(C)(C)C1CCC2(CC1)NC(=O)N(CC(=O)Nc1ccc(C)cc1)C2=O. The Bertz CT molecular complexity index is 762. The summed E-state index contributed by atoms with van der Waals surface area (Å²) in [6.07, 6.45) is 4.20. The smallest absolute Gasteiger partial charge is 0.325 e. The van der Waals surface area contributed by atoms with Crippen LogP contribution in [0.25, 0.3) is 0 Å². The van der Waals surface area contributed by atoms with Crippen LogP contribution in [0.3, 0.4) is 0 Å². The van der Waals surface area contributed by atoms with Crippen LogP contribution in [0.15, 0.2) is 24.3 Å². The van der Waals surface area contributed by atoms with Gasteiger partial charge in [0, 0.05) is 5.69 Å². The van der Waals surface area contributed by atoms with Crippen LogP contribution < -0.4 is 10.6 Å². The fraction of sp³-hybridized carbons (Fsp3) is 0.591. The van der Waals surface area contributed by atoms with E-state index in [1.807, 2.05) is 19.1 Å². The predicted octanol–water partition coefficient (Wildman–Crippen LogP) is 3.85. The zero-order chi connectivity index (χ0) is 20.5. The molecular weight excluding hydrogens is 354 g/mol. The summed E-state index contributed by atoms with van der Waals surface area (Å²) in [4.78, 5) is 38.9. The molecule has 28 heavy (non-hydrogen) atoms. The maximum absolute atomic E-state index is 13.0. The zero-order valence-corrected chi connectivity index (χ0v) is 17.3. The Hall–Kier alpha value is -2.37. The Morgan fingerprint density at radius 1 is 1.21 bits per heavy atom. The van der Waals surface area contributed by atoms with E-state index in [-0.39, 0.29) is 23.8 Å². The second kappa shape index (κ2) is 7.57. The number of nitrogens with zero attached hydrogens (tertiary/aromatic N) is 1. The van der Waals surface area contributed by atoms with Gasteiger partial charge in [-0.1, -0.05) is 44.9 Å². The summed E-state index contributed by atoms with van der Waals surface area (Å²) in [5.41, 5.74) is 1.15. The van der Waals surface area contributed by atoms with Gasteiger partial charge in [0.1, 0.15) is 12.1 Å². The number of imide groups is 1. The van der Waals surface area contributed by atoms with Crippen molar-refractivity contribution in [1.29, 1.82) is 0 Å². The first-order chi connectivity index (χ1) is 13.2. The van der Waals surface area contributed by atoms with Crippen molar-refractivity contribution in [1.82, 2.24) is 10.2 Å². The number of aryl methyl sites for hydroxylation is 1. The summed E-state index contributed by atoms with van der Waals surface area (Å²) in [6, 6.07) is 6.94. The molecule has 1 heterocycles. The molecule has 1 saturated carbocycles. The highest BCUT2D eigenvalue weighted by Gasteiger charge is 2.53. The fourth-order valence-corrected chi connectivity index (χ4v) is 4.32. The van der Waals surface area contributed by atoms with E-state index < -0.39 is 11.6 Å². The quantitative estimate of drug-likeness (QED) is 0.756. The number of benzene rings is 1. The number of hydrogen-bond donors (Lipinski definition) is 2. The molecule has 1 spiro atoms. The minimum atomic E-state index is -0.832. The number of carbonyl (C=O) groups is 3. The van der Waals surface area contributed by atoms with Gasteiger partial charge in [0.2, 0.25) is 5.91 Å². The molecule has 1 saturated heterocycles. The minimum absolute atomic E-state index is 0.237. The molecule has 1 aliphatic heterocycles. The number of urea groups is 1. The number of rotatable bonds is 5. The van der Waals surface area contributed by atoms with Crippen LogP contribution in [-0.4, -0.2) is 34.8 Å². The fourth-order valence-electron chi connectivity index (χ4n) is 4.32. The maximum atomic E-state index is 13.0. The van der Waals surface area contributed by atoms with Crippen molar-refractivity contribution in [2.24, 2.45) is 11.3 Å². The van der Waals surface area contributed by atoms with E-state index >= 15 is 0 Å². The van der Waals surface area contributed by atoms with E-state index in [1.165, 1.54) is 0 Å². The molecule has 6 nitrogen and oxygen atoms in total. The molecule has 0 atom stereocenters. The number of anilines is 1. The van der Waals surface area contributed by atoms with Crippen molar-refractivity contribution in [2.75, 3.05) is 11.9 Å². The number of amides is 4. The monoisotopic (exact) mass is 385 g/mol. The van der Waals surface area contributed by atoms with E-state index in [0.29, 0.717) is 24.4 Å². The molecule has 0 aromatic heterocycles. The average Bonchev–Trinajstić information content (AvgIpc) is 2.88. The molecule has 0 radical (unpaired) electrons. The Kier molecular flexibility index (Phi) is 5.50. The van der Waals surface area contributed by atoms with Crippen molar-refractivity contribution >= 4 is 23.5 Å². The van der Waals surface area contributed by atoms with Crippen LogP contribution in [0, 0.1) is 18.3 Å². The third-order valence-electron chi connectivity index (χ3n) is 6.74. The Morgan fingerprint density at radius 3 is 2.39 bits per heavy atom. The Morgan fingerprint density at radius 2 is 1.82 bits per heavy atom. The summed E-state index contributed by atoms with van der Waals surface area (Å²) in [5, 5.41) is 5.64. The van der Waals surface area contributed by atoms with E-state index in [1.54, 1.807) is 12.1 Å². The van der Waals surface area contributed by atoms with E-state index in [4.69, 9.17) is 0 Å². The predicted molar refractivity (Wildman–Crippen MR) is 109 cm³/mol. The third-order valence-corrected chi connectivity index (χ3v) is 6.74. The van der Waals surface area contributed by atoms with Crippen LogP contribution in [0.4, 0.5) is 10.5 Å². The van der Waals surface area contributed by atoms with Crippen LogP contribution in [-0.2, 0) is 9.59 Å². The molecule has 1 aromatic rings. The van der Waals surface area contributed by atoms with Crippen molar-refractivity contribution < 1.29 is 14.4 Å². The highest BCUT2D eigenvalue weighted by Crippen LogP contribution is 2.45. The lowest BCUT2D eigenvalue weighted by Crippen LogP contribution is -2.51. The van der Waals surface area contributed by atoms with Crippen molar-refractivity contribution in [2.45, 2.75) is 65.3 Å². The largest absolute Gasteiger partial charge is 0.325 e. The van der Waals surface area contributed by atoms with Crippen molar-refractivity contribution in [3.8, 4) is 0 Å². The molecule has 3 rings (SSSR count). The molecule has 2 N–H and O–H groups in total. The average molecular weight is 386 g/mol. The molecule has 2 aliphatic rings. The highest BCUT2D eigenvalue weighted by molar-refractivity contribution is 6.10. The summed E-state index contributed by atoms with van der Waals surface area (Å²) >= 11 is 0. The van der Waals surface area contributed by atoms with Crippen LogP contribution in [0.1, 0.15) is 58.4 Å². The first-order valence-corrected chi connectivity index (χ1v) is 10.2. The van der Waals surface area contributed by atoms with Crippen molar-refractivity contribution in [3.05, 3.63) is 29.8 Å². The maximum Gasteiger partial charge on any atom is 0.325 e. The topological polar surface area (TPSA) is 78.5 Å². The van der Waals surface area contributed by atoms with Gasteiger partial charge in [-0.05, 0) is 56.1 Å². The van der Waals surface area contributed by atoms with Crippen LogP contribution in [0.5, 0.6) is 0 Å². The highest BCUT2D eigenvalue weighted by atomic mass is 16.2. The summed E-state index contributed by atoms with van der Waals surface area (Å²) in [7, 11) is 0. The molecule has 1 aliphatic carbocycles. The Balaban J connectivity index is 1.62. The van der Waals surface area contributed by atoms with E-state index in [9.17, 15) is 14.4 Å². The van der Waals surface area contributed by atoms with Gasteiger partial charge in [0.25, 0.3) is 5.91 Å². The lowest BCUT2D eigenvalue weighted by atomic mass is 9.65. The summed E-state index contributed by atoms with van der Waals surface area (Å²) in [6.45, 7) is 8.44. The van der Waals surface area contributed by atoms with Gasteiger partial charge < -0.3 is 10.6 Å². The molecule has 152 valence electrons. The molecule has 0 bridgehead atoms. The summed E-state index contributed by atoms with van der Waals surface area (Å²) in [5.74, 6) is -0.0822. The van der Waals surface area contributed by atoms with Gasteiger partial charge in [-0.2, -0.15) is 0 Å². The molecule has 0 unspecified atom stereocenters. The first kappa shape index (κ1) is 20.4. The van der Waals surface area contributed by atoms with Gasteiger partial charge in [-0.15, -0.1) is 0 Å². The lowest BCUT2D eigenvalue weighted by Gasteiger charge is -2.42. The summed E-state index contributed by atoms with van der Waals surface area (Å²) < 4.78 is 0. The van der Waals surface area contributed by atoms with Crippen LogP contribution >= 0.6 is 0 Å². The van der Waals surface area contributed by atoms with Gasteiger partial charge in [0.15, 0.2) is 0 Å². The van der Waals surface area contributed by atoms with Gasteiger partial charge in [0.05, 0.1) is 0 Å². The molecule has 6 heteroatoms. The Labute approximate surface area is 167 Å². The lowest BCUT2D eigenvalue weighted by molar-refractivity contribution is -0.135. The van der Waals surface area contributed by atoms with E-state index in [0.717, 1.165) is 29.7 Å². The van der Waals surface area contributed by atoms with Crippen LogP contribution in [0.2, 0.25) is 0 Å². The zero-order valence-electron chi connectivity index (χ0n) is 17.3. The van der Waals surface area contributed by atoms with E-state index in [2.05, 4.69) is 31.4 Å². The van der Waals surface area contributed by atoms with Gasteiger partial charge >= 0.3 is 6.03 Å². The third kappa shape index (κ3) is 3.91. The molecular formula is C22H31N3O3. The van der Waals surface area contributed by atoms with Gasteiger partial charge in [-0.25, -0.2) is 4.79 Å². The standard InChI is InChI=1S/C22H31N3O3/c1-5-21(3,4)16-10-12-22(13-11-16)19(27)25(20(28)24-22)14-18(26)23-17-8-6-15(2)7-9-17/h6-9,16H,5,10-14H2,1-4H3,(H,23,26)(H,24,28).